The van der Waals surface area contributed by atoms with Crippen molar-refractivity contribution in [3.8, 4) is 5.69 Å². The molecule has 6 heteroatoms. The zero-order chi connectivity index (χ0) is 18.1. The Morgan fingerprint density at radius 1 is 0.962 bits per heavy atom. The van der Waals surface area contributed by atoms with E-state index in [2.05, 4.69) is 4.98 Å². The van der Waals surface area contributed by atoms with Crippen molar-refractivity contribution in [1.82, 2.24) is 14.5 Å². The summed E-state index contributed by atoms with van der Waals surface area (Å²) in [5.41, 5.74) is 1.71. The van der Waals surface area contributed by atoms with Crippen molar-refractivity contribution in [2.24, 2.45) is 0 Å². The van der Waals surface area contributed by atoms with Crippen LogP contribution in [0.15, 0.2) is 77.7 Å². The second-order valence-electron chi connectivity index (χ2n) is 5.74. The number of fused-ring (bicyclic) bond motifs is 1. The van der Waals surface area contributed by atoms with Gasteiger partial charge in [0.2, 0.25) is 0 Å². The molecule has 0 radical (unpaired) electrons. The van der Waals surface area contributed by atoms with E-state index < -0.39 is 5.25 Å². The third kappa shape index (κ3) is 2.89. The van der Waals surface area contributed by atoms with Gasteiger partial charge in [-0.3, -0.25) is 14.3 Å². The highest BCUT2D eigenvalue weighted by Gasteiger charge is 2.21. The SMILES string of the molecule is O=c1c2ccccc2nc(C(S)c2ccccn2)n1-c1ccccc1Cl. The van der Waals surface area contributed by atoms with E-state index in [0.717, 1.165) is 0 Å². The summed E-state index contributed by atoms with van der Waals surface area (Å²) in [5, 5.41) is 0.511. The predicted molar refractivity (Wildman–Crippen MR) is 107 cm³/mol. The molecular weight excluding hydrogens is 366 g/mol. The normalized spacial score (nSPS) is 12.2. The molecule has 128 valence electrons. The van der Waals surface area contributed by atoms with Crippen LogP contribution in [0.4, 0.5) is 0 Å². The van der Waals surface area contributed by atoms with Crippen molar-refractivity contribution in [2.75, 3.05) is 0 Å². The van der Waals surface area contributed by atoms with E-state index >= 15 is 0 Å². The molecule has 2 aromatic carbocycles. The van der Waals surface area contributed by atoms with Crippen LogP contribution >= 0.6 is 24.2 Å². The smallest absolute Gasteiger partial charge is 0.266 e. The van der Waals surface area contributed by atoms with Gasteiger partial charge < -0.3 is 0 Å². The van der Waals surface area contributed by atoms with Crippen molar-refractivity contribution < 1.29 is 0 Å². The van der Waals surface area contributed by atoms with Crippen LogP contribution in [-0.2, 0) is 0 Å². The minimum absolute atomic E-state index is 0.186. The lowest BCUT2D eigenvalue weighted by atomic mass is 10.2. The average Bonchev–Trinajstić information content (AvgIpc) is 2.69. The van der Waals surface area contributed by atoms with E-state index in [0.29, 0.717) is 33.1 Å². The Morgan fingerprint density at radius 3 is 2.46 bits per heavy atom. The summed E-state index contributed by atoms with van der Waals surface area (Å²) in [6.45, 7) is 0. The van der Waals surface area contributed by atoms with Crippen LogP contribution in [0.25, 0.3) is 16.6 Å². The Morgan fingerprint density at radius 2 is 1.69 bits per heavy atom. The number of hydrogen-bond donors (Lipinski definition) is 1. The number of para-hydroxylation sites is 2. The van der Waals surface area contributed by atoms with Crippen LogP contribution in [-0.4, -0.2) is 14.5 Å². The number of aromatic nitrogens is 3. The minimum atomic E-state index is -0.482. The maximum atomic E-state index is 13.2. The first-order valence-electron chi connectivity index (χ1n) is 8.02. The third-order valence-corrected chi connectivity index (χ3v) is 4.92. The molecule has 0 aliphatic carbocycles. The number of hydrogen-bond acceptors (Lipinski definition) is 4. The van der Waals surface area contributed by atoms with Gasteiger partial charge in [0.25, 0.3) is 5.56 Å². The Bertz CT molecular complexity index is 1140. The molecule has 0 amide bonds. The van der Waals surface area contributed by atoms with Gasteiger partial charge in [-0.05, 0) is 36.4 Å². The van der Waals surface area contributed by atoms with Crippen LogP contribution < -0.4 is 5.56 Å². The summed E-state index contributed by atoms with van der Waals surface area (Å²) in [4.78, 5) is 22.3. The zero-order valence-electron chi connectivity index (χ0n) is 13.6. The lowest BCUT2D eigenvalue weighted by Crippen LogP contribution is -2.25. The van der Waals surface area contributed by atoms with Crippen molar-refractivity contribution in [3.05, 3.63) is 99.8 Å². The summed E-state index contributed by atoms with van der Waals surface area (Å²) < 4.78 is 1.52. The highest BCUT2D eigenvalue weighted by molar-refractivity contribution is 7.80. The highest BCUT2D eigenvalue weighted by atomic mass is 35.5. The molecule has 2 aromatic heterocycles. The first kappa shape index (κ1) is 16.8. The molecule has 0 spiro atoms. The van der Waals surface area contributed by atoms with Crippen molar-refractivity contribution in [3.63, 3.8) is 0 Å². The number of rotatable bonds is 3. The van der Waals surface area contributed by atoms with E-state index in [1.165, 1.54) is 4.57 Å². The number of nitrogens with zero attached hydrogens (tertiary/aromatic N) is 3. The van der Waals surface area contributed by atoms with Crippen LogP contribution in [0, 0.1) is 0 Å². The fraction of sp³-hybridized carbons (Fsp3) is 0.0500. The lowest BCUT2D eigenvalue weighted by molar-refractivity contribution is 0.828. The van der Waals surface area contributed by atoms with Crippen LogP contribution in [0.5, 0.6) is 0 Å². The highest BCUT2D eigenvalue weighted by Crippen LogP contribution is 2.29. The monoisotopic (exact) mass is 379 g/mol. The third-order valence-electron chi connectivity index (χ3n) is 4.11. The molecule has 1 unspecified atom stereocenters. The molecule has 0 bridgehead atoms. The Kier molecular flexibility index (Phi) is 4.49. The number of benzene rings is 2. The first-order valence-corrected chi connectivity index (χ1v) is 8.92. The fourth-order valence-electron chi connectivity index (χ4n) is 2.87. The van der Waals surface area contributed by atoms with Gasteiger partial charge in [0.1, 0.15) is 11.1 Å². The van der Waals surface area contributed by atoms with Gasteiger partial charge in [0, 0.05) is 6.20 Å². The minimum Gasteiger partial charge on any atom is -0.268 e. The molecule has 4 nitrogen and oxygen atoms in total. The van der Waals surface area contributed by atoms with Crippen LogP contribution in [0.3, 0.4) is 0 Å². The van der Waals surface area contributed by atoms with E-state index in [-0.39, 0.29) is 5.56 Å². The van der Waals surface area contributed by atoms with Crippen LogP contribution in [0.1, 0.15) is 16.8 Å². The second-order valence-corrected chi connectivity index (χ2v) is 6.66. The van der Waals surface area contributed by atoms with Crippen LogP contribution in [0.2, 0.25) is 5.02 Å². The molecule has 0 aliphatic heterocycles. The van der Waals surface area contributed by atoms with Crippen molar-refractivity contribution in [2.45, 2.75) is 5.25 Å². The van der Waals surface area contributed by atoms with Gasteiger partial charge >= 0.3 is 0 Å². The molecule has 0 fully saturated rings. The Hall–Kier alpha value is -2.63. The Balaban J connectivity index is 2.07. The standard InChI is InChI=1S/C20H14ClN3OS/c21-14-8-2-4-11-17(14)24-19(18(26)16-10-5-6-12-22-16)23-15-9-3-1-7-13(15)20(24)25/h1-12,18,26H. The summed E-state index contributed by atoms with van der Waals surface area (Å²) in [6.07, 6.45) is 1.69. The first-order chi connectivity index (χ1) is 12.7. The largest absolute Gasteiger partial charge is 0.268 e. The number of thiol groups is 1. The average molecular weight is 380 g/mol. The summed E-state index contributed by atoms with van der Waals surface area (Å²) in [6, 6.07) is 20.0. The van der Waals surface area contributed by atoms with Gasteiger partial charge in [0.15, 0.2) is 0 Å². The summed E-state index contributed by atoms with van der Waals surface area (Å²) in [7, 11) is 0. The quantitative estimate of drug-likeness (QED) is 0.535. The molecule has 0 N–H and O–H groups in total. The topological polar surface area (TPSA) is 47.8 Å². The van der Waals surface area contributed by atoms with Gasteiger partial charge in [-0.2, -0.15) is 12.6 Å². The molecule has 4 rings (SSSR count). The maximum Gasteiger partial charge on any atom is 0.266 e. The van der Waals surface area contributed by atoms with Gasteiger partial charge in [-0.25, -0.2) is 4.98 Å². The van der Waals surface area contributed by atoms with Crippen molar-refractivity contribution >= 4 is 35.1 Å². The summed E-state index contributed by atoms with van der Waals surface area (Å²) in [5.74, 6) is 0.476. The van der Waals surface area contributed by atoms with E-state index in [9.17, 15) is 4.79 Å². The predicted octanol–water partition coefficient (Wildman–Crippen LogP) is 4.45. The lowest BCUT2D eigenvalue weighted by Gasteiger charge is -2.18. The fourth-order valence-corrected chi connectivity index (χ4v) is 3.42. The van der Waals surface area contributed by atoms with Crippen molar-refractivity contribution in [1.29, 1.82) is 0 Å². The molecule has 0 saturated carbocycles. The molecule has 0 aliphatic rings. The molecule has 26 heavy (non-hydrogen) atoms. The Labute approximate surface area is 160 Å². The van der Waals surface area contributed by atoms with Gasteiger partial charge in [0.05, 0.1) is 27.3 Å². The molecular formula is C20H14ClN3OS. The molecule has 2 heterocycles. The zero-order valence-corrected chi connectivity index (χ0v) is 15.2. The number of halogens is 1. The van der Waals surface area contributed by atoms with E-state index in [1.807, 2.05) is 48.5 Å². The molecule has 4 aromatic rings. The molecule has 1 atom stereocenters. The molecule has 0 saturated heterocycles. The van der Waals surface area contributed by atoms with Gasteiger partial charge in [-0.15, -0.1) is 0 Å². The van der Waals surface area contributed by atoms with E-state index in [1.54, 1.807) is 24.4 Å². The van der Waals surface area contributed by atoms with E-state index in [4.69, 9.17) is 29.2 Å². The summed E-state index contributed by atoms with van der Waals surface area (Å²) >= 11 is 11.1. The number of pyridine rings is 1. The maximum absolute atomic E-state index is 13.2. The second kappa shape index (κ2) is 6.94. The van der Waals surface area contributed by atoms with Gasteiger partial charge in [-0.1, -0.05) is 41.9 Å².